The van der Waals surface area contributed by atoms with Gasteiger partial charge in [0.2, 0.25) is 0 Å². The Hall–Kier alpha value is -2.46. The van der Waals surface area contributed by atoms with Crippen LogP contribution in [0.1, 0.15) is 0 Å². The van der Waals surface area contributed by atoms with Gasteiger partial charge in [-0.05, 0) is 24.3 Å². The maximum absolute atomic E-state index is 6.13. The Kier molecular flexibility index (Phi) is 3.31. The van der Waals surface area contributed by atoms with Crippen LogP contribution in [0.3, 0.4) is 0 Å². The van der Waals surface area contributed by atoms with Gasteiger partial charge < -0.3 is 11.1 Å². The van der Waals surface area contributed by atoms with Crippen LogP contribution in [-0.2, 0) is 0 Å². The SMILES string of the molecule is Nc1c(-c2ccccc2)n[nH]c1Nc1ccc(Cl)cc1. The number of benzene rings is 2. The maximum Gasteiger partial charge on any atom is 0.150 e. The van der Waals surface area contributed by atoms with Crippen LogP contribution < -0.4 is 11.1 Å². The molecule has 100 valence electrons. The Balaban J connectivity index is 1.89. The highest BCUT2D eigenvalue weighted by molar-refractivity contribution is 6.30. The number of hydrogen-bond acceptors (Lipinski definition) is 3. The normalized spacial score (nSPS) is 10.4. The Labute approximate surface area is 121 Å². The summed E-state index contributed by atoms with van der Waals surface area (Å²) < 4.78 is 0. The highest BCUT2D eigenvalue weighted by Crippen LogP contribution is 2.30. The van der Waals surface area contributed by atoms with Crippen LogP contribution in [-0.4, -0.2) is 10.2 Å². The minimum absolute atomic E-state index is 0.589. The van der Waals surface area contributed by atoms with E-state index in [0.29, 0.717) is 16.5 Å². The van der Waals surface area contributed by atoms with E-state index in [1.807, 2.05) is 54.6 Å². The van der Waals surface area contributed by atoms with Crippen LogP contribution >= 0.6 is 11.6 Å². The van der Waals surface area contributed by atoms with E-state index < -0.39 is 0 Å². The van der Waals surface area contributed by atoms with Gasteiger partial charge >= 0.3 is 0 Å². The van der Waals surface area contributed by atoms with Gasteiger partial charge in [-0.1, -0.05) is 41.9 Å². The molecule has 2 aromatic carbocycles. The number of anilines is 3. The second-order valence-electron chi connectivity index (χ2n) is 4.36. The second kappa shape index (κ2) is 5.27. The van der Waals surface area contributed by atoms with Crippen LogP contribution in [0.2, 0.25) is 5.02 Å². The van der Waals surface area contributed by atoms with Crippen molar-refractivity contribution >= 4 is 28.8 Å². The highest BCUT2D eigenvalue weighted by Gasteiger charge is 2.11. The van der Waals surface area contributed by atoms with E-state index in [4.69, 9.17) is 17.3 Å². The van der Waals surface area contributed by atoms with Gasteiger partial charge in [-0.15, -0.1) is 0 Å². The molecule has 0 saturated carbocycles. The highest BCUT2D eigenvalue weighted by atomic mass is 35.5. The molecule has 0 unspecified atom stereocenters. The Bertz CT molecular complexity index is 704. The molecular weight excluding hydrogens is 272 g/mol. The molecule has 1 heterocycles. The predicted octanol–water partition coefficient (Wildman–Crippen LogP) is 4.06. The van der Waals surface area contributed by atoms with Crippen molar-refractivity contribution < 1.29 is 0 Å². The first kappa shape index (κ1) is 12.6. The largest absolute Gasteiger partial charge is 0.394 e. The van der Waals surface area contributed by atoms with E-state index in [-0.39, 0.29) is 0 Å². The second-order valence-corrected chi connectivity index (χ2v) is 4.80. The lowest BCUT2D eigenvalue weighted by molar-refractivity contribution is 1.10. The topological polar surface area (TPSA) is 66.7 Å². The first-order chi connectivity index (χ1) is 9.74. The summed E-state index contributed by atoms with van der Waals surface area (Å²) in [6, 6.07) is 17.2. The van der Waals surface area contributed by atoms with Crippen molar-refractivity contribution in [3.63, 3.8) is 0 Å². The zero-order valence-corrected chi connectivity index (χ0v) is 11.4. The third-order valence-electron chi connectivity index (χ3n) is 2.96. The quantitative estimate of drug-likeness (QED) is 0.679. The molecule has 0 amide bonds. The monoisotopic (exact) mass is 284 g/mol. The summed E-state index contributed by atoms with van der Waals surface area (Å²) in [7, 11) is 0. The molecule has 3 aromatic rings. The summed E-state index contributed by atoms with van der Waals surface area (Å²) in [5, 5.41) is 11.1. The zero-order chi connectivity index (χ0) is 13.9. The van der Waals surface area contributed by atoms with Gasteiger partial charge in [0.1, 0.15) is 17.2 Å². The summed E-state index contributed by atoms with van der Waals surface area (Å²) in [5.74, 6) is 0.672. The van der Waals surface area contributed by atoms with Crippen LogP contribution in [0.4, 0.5) is 17.2 Å². The van der Waals surface area contributed by atoms with Crippen molar-refractivity contribution in [2.75, 3.05) is 11.1 Å². The number of nitrogens with two attached hydrogens (primary N) is 1. The fraction of sp³-hybridized carbons (Fsp3) is 0. The van der Waals surface area contributed by atoms with Crippen molar-refractivity contribution in [1.82, 2.24) is 10.2 Å². The molecule has 0 saturated heterocycles. The van der Waals surface area contributed by atoms with Crippen molar-refractivity contribution in [2.45, 2.75) is 0 Å². The number of aromatic nitrogens is 2. The van der Waals surface area contributed by atoms with Gasteiger partial charge in [0.05, 0.1) is 0 Å². The average molecular weight is 285 g/mol. The summed E-state index contributed by atoms with van der Waals surface area (Å²) in [4.78, 5) is 0. The molecule has 4 N–H and O–H groups in total. The lowest BCUT2D eigenvalue weighted by Crippen LogP contribution is -1.95. The molecule has 0 aliphatic carbocycles. The molecule has 0 bridgehead atoms. The molecule has 0 fully saturated rings. The molecule has 0 atom stereocenters. The van der Waals surface area contributed by atoms with Crippen molar-refractivity contribution in [2.24, 2.45) is 0 Å². The fourth-order valence-electron chi connectivity index (χ4n) is 1.94. The van der Waals surface area contributed by atoms with E-state index in [2.05, 4.69) is 15.5 Å². The summed E-state index contributed by atoms with van der Waals surface area (Å²) in [6.07, 6.45) is 0. The number of H-pyrrole nitrogens is 1. The molecule has 4 nitrogen and oxygen atoms in total. The Morgan fingerprint density at radius 1 is 1.00 bits per heavy atom. The Morgan fingerprint density at radius 2 is 1.70 bits per heavy atom. The third kappa shape index (κ3) is 2.46. The number of rotatable bonds is 3. The number of hydrogen-bond donors (Lipinski definition) is 3. The first-order valence-corrected chi connectivity index (χ1v) is 6.53. The zero-order valence-electron chi connectivity index (χ0n) is 10.6. The number of nitrogen functional groups attached to an aromatic ring is 1. The van der Waals surface area contributed by atoms with Gasteiger partial charge in [0.15, 0.2) is 0 Å². The molecule has 0 aliphatic heterocycles. The third-order valence-corrected chi connectivity index (χ3v) is 3.22. The van der Waals surface area contributed by atoms with Gasteiger partial charge in [-0.25, -0.2) is 0 Å². The standard InChI is InChI=1S/C15H13ClN4/c16-11-6-8-12(9-7-11)18-15-13(17)14(19-20-15)10-4-2-1-3-5-10/h1-9H,17H2,(H2,18,19,20). The minimum atomic E-state index is 0.589. The fourth-order valence-corrected chi connectivity index (χ4v) is 2.07. The summed E-state index contributed by atoms with van der Waals surface area (Å²) >= 11 is 5.86. The molecule has 5 heteroatoms. The minimum Gasteiger partial charge on any atom is -0.394 e. The maximum atomic E-state index is 6.13. The molecular formula is C15H13ClN4. The molecule has 0 aliphatic rings. The number of aromatic amines is 1. The van der Waals surface area contributed by atoms with E-state index in [1.54, 1.807) is 0 Å². The molecule has 0 spiro atoms. The number of nitrogens with one attached hydrogen (secondary N) is 2. The molecule has 0 radical (unpaired) electrons. The Morgan fingerprint density at radius 3 is 2.40 bits per heavy atom. The van der Waals surface area contributed by atoms with Gasteiger partial charge in [0, 0.05) is 16.3 Å². The number of nitrogens with zero attached hydrogens (tertiary/aromatic N) is 1. The van der Waals surface area contributed by atoms with Crippen LogP contribution in [0, 0.1) is 0 Å². The van der Waals surface area contributed by atoms with Crippen LogP contribution in [0.15, 0.2) is 54.6 Å². The van der Waals surface area contributed by atoms with Crippen LogP contribution in [0.25, 0.3) is 11.3 Å². The molecule has 20 heavy (non-hydrogen) atoms. The summed E-state index contributed by atoms with van der Waals surface area (Å²) in [6.45, 7) is 0. The van der Waals surface area contributed by atoms with Crippen molar-refractivity contribution in [3.8, 4) is 11.3 Å². The van der Waals surface area contributed by atoms with Gasteiger partial charge in [0.25, 0.3) is 0 Å². The predicted molar refractivity (Wildman–Crippen MR) is 83.2 cm³/mol. The van der Waals surface area contributed by atoms with Crippen molar-refractivity contribution in [1.29, 1.82) is 0 Å². The lowest BCUT2D eigenvalue weighted by atomic mass is 10.1. The smallest absolute Gasteiger partial charge is 0.150 e. The molecule has 1 aromatic heterocycles. The van der Waals surface area contributed by atoms with E-state index in [1.165, 1.54) is 0 Å². The number of halogens is 1. The van der Waals surface area contributed by atoms with Gasteiger partial charge in [-0.3, -0.25) is 5.10 Å². The first-order valence-electron chi connectivity index (χ1n) is 6.16. The van der Waals surface area contributed by atoms with Gasteiger partial charge in [-0.2, -0.15) is 5.10 Å². The van der Waals surface area contributed by atoms with E-state index >= 15 is 0 Å². The molecule has 3 rings (SSSR count). The van der Waals surface area contributed by atoms with Crippen molar-refractivity contribution in [3.05, 3.63) is 59.6 Å². The van der Waals surface area contributed by atoms with E-state index in [9.17, 15) is 0 Å². The average Bonchev–Trinajstić information content (AvgIpc) is 2.84. The van der Waals surface area contributed by atoms with E-state index in [0.717, 1.165) is 16.9 Å². The van der Waals surface area contributed by atoms with Crippen LogP contribution in [0.5, 0.6) is 0 Å². The lowest BCUT2D eigenvalue weighted by Gasteiger charge is -2.05. The summed E-state index contributed by atoms with van der Waals surface area (Å²) in [5.41, 5.74) is 9.33.